The summed E-state index contributed by atoms with van der Waals surface area (Å²) in [5, 5.41) is 6.49. The minimum absolute atomic E-state index is 0.0162. The lowest BCUT2D eigenvalue weighted by Crippen LogP contribution is -2.44. The molecule has 0 bridgehead atoms. The van der Waals surface area contributed by atoms with Gasteiger partial charge in [0, 0.05) is 55.2 Å². The molecular formula is C20H27N3O2S. The number of amides is 2. The van der Waals surface area contributed by atoms with Crippen molar-refractivity contribution in [3.63, 3.8) is 0 Å². The summed E-state index contributed by atoms with van der Waals surface area (Å²) in [6, 6.07) is 6.17. The molecule has 1 saturated heterocycles. The van der Waals surface area contributed by atoms with Crippen LogP contribution in [0.3, 0.4) is 0 Å². The summed E-state index contributed by atoms with van der Waals surface area (Å²) in [7, 11) is 0. The quantitative estimate of drug-likeness (QED) is 0.852. The SMILES string of the molecule is O=C(NC1CCC(C(=O)N2CCSCC2)CC1)c1ccc2c(c1)CNC2. The Balaban J connectivity index is 1.28. The highest BCUT2D eigenvalue weighted by Gasteiger charge is 2.30. The summed E-state index contributed by atoms with van der Waals surface area (Å²) >= 11 is 1.93. The van der Waals surface area contributed by atoms with Crippen molar-refractivity contribution in [3.8, 4) is 0 Å². The van der Waals surface area contributed by atoms with Crippen LogP contribution in [0.5, 0.6) is 0 Å². The molecule has 140 valence electrons. The van der Waals surface area contributed by atoms with Crippen LogP contribution in [0, 0.1) is 5.92 Å². The van der Waals surface area contributed by atoms with Crippen LogP contribution in [0.1, 0.15) is 47.2 Å². The third-order valence-corrected chi connectivity index (χ3v) is 6.78. The van der Waals surface area contributed by atoms with E-state index in [1.54, 1.807) is 0 Å². The molecule has 2 amide bonds. The van der Waals surface area contributed by atoms with Gasteiger partial charge >= 0.3 is 0 Å². The van der Waals surface area contributed by atoms with Gasteiger partial charge in [0.15, 0.2) is 0 Å². The Morgan fingerprint density at radius 2 is 1.77 bits per heavy atom. The van der Waals surface area contributed by atoms with E-state index in [1.165, 1.54) is 11.1 Å². The second-order valence-electron chi connectivity index (χ2n) is 7.55. The number of benzene rings is 1. The van der Waals surface area contributed by atoms with Crippen LogP contribution in [-0.2, 0) is 17.9 Å². The first kappa shape index (κ1) is 17.9. The lowest BCUT2D eigenvalue weighted by Gasteiger charge is -2.34. The summed E-state index contributed by atoms with van der Waals surface area (Å²) in [5.41, 5.74) is 3.26. The summed E-state index contributed by atoms with van der Waals surface area (Å²) < 4.78 is 0. The molecule has 0 spiro atoms. The van der Waals surface area contributed by atoms with Crippen LogP contribution in [0.2, 0.25) is 0 Å². The average Bonchev–Trinajstić information content (AvgIpc) is 3.16. The van der Waals surface area contributed by atoms with Crippen molar-refractivity contribution in [1.29, 1.82) is 0 Å². The molecular weight excluding hydrogens is 346 g/mol. The predicted molar refractivity (Wildman–Crippen MR) is 104 cm³/mol. The number of carbonyl (C=O) groups excluding carboxylic acids is 2. The Morgan fingerprint density at radius 1 is 1.04 bits per heavy atom. The lowest BCUT2D eigenvalue weighted by atomic mass is 9.85. The first-order chi connectivity index (χ1) is 12.7. The molecule has 5 nitrogen and oxygen atoms in total. The number of hydrogen-bond acceptors (Lipinski definition) is 4. The lowest BCUT2D eigenvalue weighted by molar-refractivity contribution is -0.136. The first-order valence-electron chi connectivity index (χ1n) is 9.70. The van der Waals surface area contributed by atoms with Gasteiger partial charge in [-0.3, -0.25) is 9.59 Å². The molecule has 0 unspecified atom stereocenters. The molecule has 0 aromatic heterocycles. The number of thioether (sulfide) groups is 1. The van der Waals surface area contributed by atoms with E-state index in [9.17, 15) is 9.59 Å². The summed E-state index contributed by atoms with van der Waals surface area (Å²) in [6.07, 6.45) is 3.58. The van der Waals surface area contributed by atoms with E-state index in [-0.39, 0.29) is 17.9 Å². The van der Waals surface area contributed by atoms with Crippen molar-refractivity contribution in [2.24, 2.45) is 5.92 Å². The standard InChI is InChI=1S/C20H27N3O2S/c24-19(15-1-2-16-12-21-13-17(16)11-15)22-18-5-3-14(4-6-18)20(25)23-7-9-26-10-8-23/h1-2,11,14,18,21H,3-10,12-13H2,(H,22,24). The van der Waals surface area contributed by atoms with Gasteiger partial charge in [0.05, 0.1) is 0 Å². The highest BCUT2D eigenvalue weighted by atomic mass is 32.2. The van der Waals surface area contributed by atoms with Crippen LogP contribution >= 0.6 is 11.8 Å². The molecule has 4 rings (SSSR count). The zero-order valence-electron chi connectivity index (χ0n) is 15.1. The fourth-order valence-corrected chi connectivity index (χ4v) is 5.13. The summed E-state index contributed by atoms with van der Waals surface area (Å²) in [5.74, 6) is 2.63. The normalized spacial score (nSPS) is 25.6. The van der Waals surface area contributed by atoms with Gasteiger partial charge in [0.1, 0.15) is 0 Å². The van der Waals surface area contributed by atoms with Crippen molar-refractivity contribution >= 4 is 23.6 Å². The van der Waals surface area contributed by atoms with Crippen molar-refractivity contribution in [2.45, 2.75) is 44.8 Å². The van der Waals surface area contributed by atoms with Crippen LogP contribution in [-0.4, -0.2) is 47.4 Å². The van der Waals surface area contributed by atoms with E-state index in [0.29, 0.717) is 5.91 Å². The maximum Gasteiger partial charge on any atom is 0.251 e. The minimum atomic E-state index is 0.0162. The fourth-order valence-electron chi connectivity index (χ4n) is 4.23. The Bertz CT molecular complexity index is 680. The molecule has 26 heavy (non-hydrogen) atoms. The van der Waals surface area contributed by atoms with Gasteiger partial charge in [-0.2, -0.15) is 11.8 Å². The van der Waals surface area contributed by atoms with E-state index < -0.39 is 0 Å². The Morgan fingerprint density at radius 3 is 2.54 bits per heavy atom. The minimum Gasteiger partial charge on any atom is -0.349 e. The molecule has 0 atom stereocenters. The molecule has 2 N–H and O–H groups in total. The maximum absolute atomic E-state index is 12.6. The molecule has 1 aromatic carbocycles. The molecule has 2 fully saturated rings. The number of carbonyl (C=O) groups is 2. The molecule has 1 saturated carbocycles. The Kier molecular flexibility index (Phi) is 5.50. The number of rotatable bonds is 3. The zero-order valence-corrected chi connectivity index (χ0v) is 15.9. The molecule has 1 aromatic rings. The Hall–Kier alpha value is -1.53. The smallest absolute Gasteiger partial charge is 0.251 e. The largest absolute Gasteiger partial charge is 0.349 e. The monoisotopic (exact) mass is 373 g/mol. The second-order valence-corrected chi connectivity index (χ2v) is 8.77. The summed E-state index contributed by atoms with van der Waals surface area (Å²) in [6.45, 7) is 3.53. The van der Waals surface area contributed by atoms with E-state index in [4.69, 9.17) is 0 Å². The molecule has 2 aliphatic heterocycles. The maximum atomic E-state index is 12.6. The molecule has 1 aliphatic carbocycles. The van der Waals surface area contributed by atoms with Crippen LogP contribution in [0.25, 0.3) is 0 Å². The molecule has 0 radical (unpaired) electrons. The topological polar surface area (TPSA) is 61.4 Å². The number of nitrogens with zero attached hydrogens (tertiary/aromatic N) is 1. The second kappa shape index (κ2) is 8.01. The average molecular weight is 374 g/mol. The van der Waals surface area contributed by atoms with Gasteiger partial charge in [-0.05, 0) is 48.9 Å². The number of fused-ring (bicyclic) bond motifs is 1. The van der Waals surface area contributed by atoms with Gasteiger partial charge < -0.3 is 15.5 Å². The molecule has 6 heteroatoms. The van der Waals surface area contributed by atoms with Crippen LogP contribution < -0.4 is 10.6 Å². The van der Waals surface area contributed by atoms with Gasteiger partial charge in [0.2, 0.25) is 5.91 Å². The molecule has 2 heterocycles. The van der Waals surface area contributed by atoms with Gasteiger partial charge in [-0.15, -0.1) is 0 Å². The third-order valence-electron chi connectivity index (χ3n) is 5.83. The molecule has 3 aliphatic rings. The Labute approximate surface area is 159 Å². The highest BCUT2D eigenvalue weighted by molar-refractivity contribution is 7.99. The van der Waals surface area contributed by atoms with Gasteiger partial charge in [-0.25, -0.2) is 0 Å². The van der Waals surface area contributed by atoms with E-state index >= 15 is 0 Å². The number of nitrogens with one attached hydrogen (secondary N) is 2. The van der Waals surface area contributed by atoms with Gasteiger partial charge in [-0.1, -0.05) is 6.07 Å². The zero-order chi connectivity index (χ0) is 17.9. The van der Waals surface area contributed by atoms with Gasteiger partial charge in [0.25, 0.3) is 5.91 Å². The predicted octanol–water partition coefficient (Wildman–Crippen LogP) is 2.15. The number of hydrogen-bond donors (Lipinski definition) is 2. The van der Waals surface area contributed by atoms with E-state index in [0.717, 1.165) is 68.9 Å². The van der Waals surface area contributed by atoms with Crippen molar-refractivity contribution < 1.29 is 9.59 Å². The van der Waals surface area contributed by atoms with E-state index in [2.05, 4.69) is 16.7 Å². The third kappa shape index (κ3) is 3.91. The highest BCUT2D eigenvalue weighted by Crippen LogP contribution is 2.27. The fraction of sp³-hybridized carbons (Fsp3) is 0.600. The van der Waals surface area contributed by atoms with Crippen LogP contribution in [0.4, 0.5) is 0 Å². The van der Waals surface area contributed by atoms with E-state index in [1.807, 2.05) is 28.8 Å². The first-order valence-corrected chi connectivity index (χ1v) is 10.9. The van der Waals surface area contributed by atoms with Crippen LogP contribution in [0.15, 0.2) is 18.2 Å². The summed E-state index contributed by atoms with van der Waals surface area (Å²) in [4.78, 5) is 27.2. The van der Waals surface area contributed by atoms with Crippen molar-refractivity contribution in [3.05, 3.63) is 34.9 Å². The van der Waals surface area contributed by atoms with Crippen molar-refractivity contribution in [2.75, 3.05) is 24.6 Å². The van der Waals surface area contributed by atoms with Crippen molar-refractivity contribution in [1.82, 2.24) is 15.5 Å².